The van der Waals surface area contributed by atoms with Gasteiger partial charge in [0, 0.05) is 0 Å². The molecule has 0 heteroatoms. The van der Waals surface area contributed by atoms with Crippen molar-refractivity contribution in [2.24, 2.45) is 0 Å². The second kappa shape index (κ2) is 36.3. The van der Waals surface area contributed by atoms with Gasteiger partial charge in [-0.25, -0.2) is 0 Å². The van der Waals surface area contributed by atoms with Gasteiger partial charge in [0.2, 0.25) is 0 Å². The highest BCUT2D eigenvalue weighted by atomic mass is 14.1. The molecule has 0 aliphatic heterocycles. The Balaban J connectivity index is 0.000000470. The van der Waals surface area contributed by atoms with Crippen molar-refractivity contribution < 1.29 is 0 Å². The summed E-state index contributed by atoms with van der Waals surface area (Å²) in [7, 11) is 0. The topological polar surface area (TPSA) is 0 Å². The summed E-state index contributed by atoms with van der Waals surface area (Å²) in [5.74, 6) is 0. The van der Waals surface area contributed by atoms with Crippen LogP contribution in [0.2, 0.25) is 0 Å². The highest BCUT2D eigenvalue weighted by molar-refractivity contribution is 5.65. The van der Waals surface area contributed by atoms with Crippen LogP contribution in [0, 0.1) is 83.1 Å². The van der Waals surface area contributed by atoms with Gasteiger partial charge in [0.15, 0.2) is 0 Å². The zero-order valence-electron chi connectivity index (χ0n) is 46.5. The summed E-state index contributed by atoms with van der Waals surface area (Å²) in [6, 6.07) is 86.3. The van der Waals surface area contributed by atoms with Crippen molar-refractivity contribution in [2.45, 2.75) is 126 Å². The molecule has 0 atom stereocenters. The van der Waals surface area contributed by atoms with E-state index in [2.05, 4.69) is 326 Å². The van der Waals surface area contributed by atoms with Gasteiger partial charge in [-0.1, -0.05) is 339 Å². The maximum atomic E-state index is 2.25. The van der Waals surface area contributed by atoms with Gasteiger partial charge in [-0.05, 0) is 140 Å². The first-order valence-corrected chi connectivity index (χ1v) is 26.1. The summed E-state index contributed by atoms with van der Waals surface area (Å²) in [6.45, 7) is 25.4. The van der Waals surface area contributed by atoms with Gasteiger partial charge in [-0.2, -0.15) is 0 Å². The molecule has 10 rings (SSSR count). The first-order chi connectivity index (χ1) is 35.6. The number of rotatable bonds is 6. The molecule has 0 aliphatic carbocycles. The number of aryl methyl sites for hydroxylation is 12. The first-order valence-electron chi connectivity index (χ1n) is 26.1. The van der Waals surface area contributed by atoms with Crippen LogP contribution >= 0.6 is 0 Å². The van der Waals surface area contributed by atoms with Crippen LogP contribution in [0.1, 0.15) is 119 Å². The van der Waals surface area contributed by atoms with E-state index in [4.69, 9.17) is 0 Å². The minimum Gasteiger partial charge on any atom is -0.0776 e. The molecule has 0 nitrogen and oxygen atoms in total. The lowest BCUT2D eigenvalue weighted by molar-refractivity contribution is 1.17. The van der Waals surface area contributed by atoms with Crippen molar-refractivity contribution in [1.82, 2.24) is 0 Å². The van der Waals surface area contributed by atoms with Crippen LogP contribution in [0.4, 0.5) is 0 Å². The van der Waals surface area contributed by atoms with E-state index in [9.17, 15) is 0 Å². The van der Waals surface area contributed by atoms with Crippen LogP contribution in [0.25, 0.3) is 22.3 Å². The van der Waals surface area contributed by atoms with E-state index in [-0.39, 0.29) is 29.7 Å². The monoisotopic (exact) mass is 1030 g/mol. The predicted molar refractivity (Wildman–Crippen MR) is 352 cm³/mol. The van der Waals surface area contributed by atoms with Crippen LogP contribution in [-0.4, -0.2) is 0 Å². The summed E-state index contributed by atoms with van der Waals surface area (Å²) in [4.78, 5) is 0. The summed E-state index contributed by atoms with van der Waals surface area (Å²) < 4.78 is 0. The second-order valence-electron chi connectivity index (χ2n) is 20.1. The fraction of sp³-hybridized carbons (Fsp3) is 0.231. The largest absolute Gasteiger partial charge is 0.0776 e. The van der Waals surface area contributed by atoms with Gasteiger partial charge < -0.3 is 0 Å². The fourth-order valence-corrected chi connectivity index (χ4v) is 8.11. The lowest BCUT2D eigenvalue weighted by atomic mass is 10.0. The Labute approximate surface area is 477 Å². The maximum absolute atomic E-state index is 2.25. The minimum atomic E-state index is 0. The van der Waals surface area contributed by atoms with E-state index < -0.39 is 0 Å². The Kier molecular flexibility index (Phi) is 31.7. The molecule has 0 aliphatic rings. The molecule has 0 aromatic heterocycles. The number of hydrogen-bond acceptors (Lipinski definition) is 0. The van der Waals surface area contributed by atoms with E-state index in [0.29, 0.717) is 0 Å². The van der Waals surface area contributed by atoms with Crippen molar-refractivity contribution in [3.05, 3.63) is 332 Å². The van der Waals surface area contributed by atoms with E-state index in [1.165, 1.54) is 111 Å². The quantitative estimate of drug-likeness (QED) is 0.156. The van der Waals surface area contributed by atoms with Gasteiger partial charge in [-0.3, -0.25) is 0 Å². The normalized spacial score (nSPS) is 9.49. The number of hydrogen-bond donors (Lipinski definition) is 0. The van der Waals surface area contributed by atoms with Crippen LogP contribution in [0.3, 0.4) is 0 Å². The van der Waals surface area contributed by atoms with Crippen LogP contribution in [-0.2, 0) is 12.8 Å². The van der Waals surface area contributed by atoms with E-state index in [1.54, 1.807) is 0 Å². The van der Waals surface area contributed by atoms with Crippen molar-refractivity contribution in [1.29, 1.82) is 0 Å². The highest BCUT2D eigenvalue weighted by Gasteiger charge is 2.00. The molecule has 78 heavy (non-hydrogen) atoms. The van der Waals surface area contributed by atoms with Gasteiger partial charge in [0.05, 0.1) is 0 Å². The Morgan fingerprint density at radius 1 is 0.167 bits per heavy atom. The molecule has 0 bridgehead atoms. The molecule has 0 spiro atoms. The van der Waals surface area contributed by atoms with Crippen LogP contribution in [0.15, 0.2) is 243 Å². The molecule has 0 radical (unpaired) electrons. The molecule has 0 heterocycles. The molecule has 10 aromatic rings. The second-order valence-corrected chi connectivity index (χ2v) is 20.1. The smallest absolute Gasteiger partial charge is 0.00256 e. The standard InChI is InChI=1S/2C15H16.2C14H14.2C8H10.4CH4/c1-12-3-7-14(8-4-12)11-15-9-5-13(2)6-10-15;1-12-5-3-7-14(9-12)11-15-8-4-6-13(2)10-15;1-11-3-7-13(8-4-11)14-9-5-12(2)6-10-14;1-11-5-3-7-13(9-11)14-8-4-6-12(2)10-14;1-7-3-5-8(2)6-4-7;1-7-4-3-5-8(2)6-7;;;;/h2*3-10H,11H2,1-2H3;2*3-10H,1-2H3;2*3-6H,1-2H3;4*1H4. The van der Waals surface area contributed by atoms with Crippen molar-refractivity contribution in [2.75, 3.05) is 0 Å². The third-order valence-electron chi connectivity index (χ3n) is 12.4. The average Bonchev–Trinajstić information content (AvgIpc) is 3.38. The molecule has 0 N–H and O–H groups in total. The predicted octanol–water partition coefficient (Wildman–Crippen LogP) is 22.9. The number of benzene rings is 10. The average molecular weight is 1030 g/mol. The first kappa shape index (κ1) is 68.2. The van der Waals surface area contributed by atoms with Gasteiger partial charge >= 0.3 is 0 Å². The summed E-state index contributed by atoms with van der Waals surface area (Å²) in [5.41, 5.74) is 26.6. The minimum absolute atomic E-state index is 0. The third-order valence-corrected chi connectivity index (χ3v) is 12.4. The van der Waals surface area contributed by atoms with E-state index >= 15 is 0 Å². The van der Waals surface area contributed by atoms with Crippen molar-refractivity contribution in [3.8, 4) is 22.3 Å². The summed E-state index contributed by atoms with van der Waals surface area (Å²) in [6.07, 6.45) is 2.06. The van der Waals surface area contributed by atoms with E-state index in [0.717, 1.165) is 12.8 Å². The van der Waals surface area contributed by atoms with Gasteiger partial charge in [0.25, 0.3) is 0 Å². The van der Waals surface area contributed by atoms with Crippen molar-refractivity contribution >= 4 is 0 Å². The molecule has 0 unspecified atom stereocenters. The Morgan fingerprint density at radius 3 is 0.641 bits per heavy atom. The Morgan fingerprint density at radius 2 is 0.385 bits per heavy atom. The van der Waals surface area contributed by atoms with Gasteiger partial charge in [-0.15, -0.1) is 0 Å². The van der Waals surface area contributed by atoms with Crippen LogP contribution in [0.5, 0.6) is 0 Å². The molecule has 0 amide bonds. The molecular weight excluding hydrogens is 937 g/mol. The van der Waals surface area contributed by atoms with E-state index in [1.807, 2.05) is 0 Å². The molecule has 10 aromatic carbocycles. The van der Waals surface area contributed by atoms with Crippen LogP contribution < -0.4 is 0 Å². The SMILES string of the molecule is C.C.C.C.Cc1ccc(-c2ccc(C)cc2)cc1.Cc1ccc(C)cc1.Cc1ccc(Cc2ccc(C)cc2)cc1.Cc1cccc(-c2cccc(C)c2)c1.Cc1cccc(C)c1.Cc1cccc(Cc2cccc(C)c2)c1. The van der Waals surface area contributed by atoms with Crippen molar-refractivity contribution in [3.63, 3.8) is 0 Å². The molecule has 0 fully saturated rings. The summed E-state index contributed by atoms with van der Waals surface area (Å²) in [5, 5.41) is 0. The third kappa shape index (κ3) is 26.3. The zero-order chi connectivity index (χ0) is 53.2. The molecule has 0 saturated heterocycles. The molecule has 408 valence electrons. The molecular formula is C78H96. The fourth-order valence-electron chi connectivity index (χ4n) is 8.11. The summed E-state index contributed by atoms with van der Waals surface area (Å²) >= 11 is 0. The van der Waals surface area contributed by atoms with Gasteiger partial charge in [0.1, 0.15) is 0 Å². The maximum Gasteiger partial charge on any atom is -0.00256 e. The zero-order valence-corrected chi connectivity index (χ0v) is 46.5. The molecule has 0 saturated carbocycles. The lowest BCUT2D eigenvalue weighted by Gasteiger charge is -2.03. The highest BCUT2D eigenvalue weighted by Crippen LogP contribution is 2.22. The Bertz CT molecular complexity index is 2950. The Hall–Kier alpha value is -7.80. The lowest BCUT2D eigenvalue weighted by Crippen LogP contribution is -1.89.